The summed E-state index contributed by atoms with van der Waals surface area (Å²) in [6, 6.07) is 14.0. The summed E-state index contributed by atoms with van der Waals surface area (Å²) in [5.41, 5.74) is 5.49. The van der Waals surface area contributed by atoms with E-state index in [9.17, 15) is 0 Å². The first kappa shape index (κ1) is 17.0. The highest BCUT2D eigenvalue weighted by Crippen LogP contribution is 2.36. The van der Waals surface area contributed by atoms with E-state index in [1.807, 2.05) is 41.1 Å². The van der Waals surface area contributed by atoms with Crippen molar-refractivity contribution in [3.63, 3.8) is 0 Å². The van der Waals surface area contributed by atoms with Crippen LogP contribution in [0.5, 0.6) is 5.75 Å². The molecule has 0 saturated heterocycles. The van der Waals surface area contributed by atoms with Gasteiger partial charge in [0.15, 0.2) is 0 Å². The van der Waals surface area contributed by atoms with Gasteiger partial charge in [-0.1, -0.05) is 29.8 Å². The van der Waals surface area contributed by atoms with Crippen molar-refractivity contribution in [1.29, 1.82) is 0 Å². The van der Waals surface area contributed by atoms with Crippen LogP contribution < -0.4 is 10.1 Å². The summed E-state index contributed by atoms with van der Waals surface area (Å²) >= 11 is 6.27. The van der Waals surface area contributed by atoms with E-state index in [0.717, 1.165) is 59.9 Å². The zero-order valence-corrected chi connectivity index (χ0v) is 15.8. The molecule has 1 aliphatic rings. The van der Waals surface area contributed by atoms with Crippen molar-refractivity contribution in [2.75, 3.05) is 19.0 Å². The van der Waals surface area contributed by atoms with Gasteiger partial charge in [-0.3, -0.25) is 0 Å². The largest absolute Gasteiger partial charge is 0.497 e. The van der Waals surface area contributed by atoms with Gasteiger partial charge in [0.2, 0.25) is 0 Å². The molecule has 1 aliphatic heterocycles. The minimum atomic E-state index is 0.714. The van der Waals surface area contributed by atoms with Crippen LogP contribution in [0.4, 0.5) is 5.82 Å². The van der Waals surface area contributed by atoms with Crippen LogP contribution in [0.3, 0.4) is 0 Å². The average Bonchev–Trinajstić information content (AvgIpc) is 2.84. The third-order valence-corrected chi connectivity index (χ3v) is 5.11. The number of hydrogen-bond donors (Lipinski definition) is 1. The first-order valence-corrected chi connectivity index (χ1v) is 9.32. The van der Waals surface area contributed by atoms with Gasteiger partial charge in [0.1, 0.15) is 11.6 Å². The van der Waals surface area contributed by atoms with Crippen molar-refractivity contribution in [1.82, 2.24) is 9.78 Å². The molecule has 1 N–H and O–H groups in total. The molecule has 0 aliphatic carbocycles. The average molecular weight is 368 g/mol. The van der Waals surface area contributed by atoms with Gasteiger partial charge >= 0.3 is 0 Å². The summed E-state index contributed by atoms with van der Waals surface area (Å²) in [6.45, 7) is 3.04. The Morgan fingerprint density at radius 1 is 1.15 bits per heavy atom. The number of hydrogen-bond acceptors (Lipinski definition) is 3. The normalized spacial score (nSPS) is 13.7. The highest BCUT2D eigenvalue weighted by atomic mass is 35.5. The van der Waals surface area contributed by atoms with E-state index >= 15 is 0 Å². The smallest absolute Gasteiger partial charge is 0.133 e. The maximum absolute atomic E-state index is 6.27. The van der Waals surface area contributed by atoms with E-state index in [4.69, 9.17) is 21.4 Å². The molecule has 0 radical (unpaired) electrons. The SMILES string of the molecule is COc1cccc(-c2nn(-c3cc(Cl)ccc3C)c3c2CCCCN3)c1. The molecule has 2 aromatic carbocycles. The van der Waals surface area contributed by atoms with E-state index in [0.29, 0.717) is 5.02 Å². The molecular weight excluding hydrogens is 346 g/mol. The Kier molecular flexibility index (Phi) is 4.60. The first-order chi connectivity index (χ1) is 12.7. The van der Waals surface area contributed by atoms with Gasteiger partial charge < -0.3 is 10.1 Å². The number of fused-ring (bicyclic) bond motifs is 1. The number of rotatable bonds is 3. The lowest BCUT2D eigenvalue weighted by molar-refractivity contribution is 0.415. The topological polar surface area (TPSA) is 39.1 Å². The van der Waals surface area contributed by atoms with Gasteiger partial charge in [-0.15, -0.1) is 0 Å². The standard InChI is InChI=1S/C21H22ClN3O/c1-14-9-10-16(22)13-19(14)25-21-18(8-3-4-11-23-21)20(24-25)15-6-5-7-17(12-15)26-2/h5-7,9-10,12-13,23H,3-4,8,11H2,1-2H3. The van der Waals surface area contributed by atoms with Crippen LogP contribution in [-0.4, -0.2) is 23.4 Å². The number of aryl methyl sites for hydroxylation is 1. The van der Waals surface area contributed by atoms with Crippen LogP contribution in [0.1, 0.15) is 24.0 Å². The molecule has 0 saturated carbocycles. The molecule has 0 atom stereocenters. The Labute approximate surface area is 158 Å². The Bertz CT molecular complexity index is 948. The van der Waals surface area contributed by atoms with E-state index in [2.05, 4.69) is 18.3 Å². The fraction of sp³-hybridized carbons (Fsp3) is 0.286. The predicted molar refractivity (Wildman–Crippen MR) is 107 cm³/mol. The highest BCUT2D eigenvalue weighted by Gasteiger charge is 2.22. The summed E-state index contributed by atoms with van der Waals surface area (Å²) in [4.78, 5) is 0. The lowest BCUT2D eigenvalue weighted by atomic mass is 10.0. The summed E-state index contributed by atoms with van der Waals surface area (Å²) in [6.07, 6.45) is 3.31. The van der Waals surface area contributed by atoms with Crippen molar-refractivity contribution in [3.05, 3.63) is 58.6 Å². The van der Waals surface area contributed by atoms with E-state index < -0.39 is 0 Å². The first-order valence-electron chi connectivity index (χ1n) is 8.94. The summed E-state index contributed by atoms with van der Waals surface area (Å²) in [7, 11) is 1.69. The second kappa shape index (κ2) is 7.04. The molecule has 0 unspecified atom stereocenters. The minimum absolute atomic E-state index is 0.714. The zero-order valence-electron chi connectivity index (χ0n) is 15.1. The van der Waals surface area contributed by atoms with Gasteiger partial charge in [0.25, 0.3) is 0 Å². The molecule has 0 spiro atoms. The molecule has 4 rings (SSSR count). The molecule has 0 amide bonds. The van der Waals surface area contributed by atoms with Crippen LogP contribution >= 0.6 is 11.6 Å². The molecule has 4 nitrogen and oxygen atoms in total. The lowest BCUT2D eigenvalue weighted by Crippen LogP contribution is -2.08. The third kappa shape index (κ3) is 3.06. The molecule has 3 aromatic rings. The fourth-order valence-electron chi connectivity index (χ4n) is 3.49. The number of aromatic nitrogens is 2. The van der Waals surface area contributed by atoms with Crippen molar-refractivity contribution < 1.29 is 4.74 Å². The van der Waals surface area contributed by atoms with E-state index in [1.165, 1.54) is 5.56 Å². The van der Waals surface area contributed by atoms with Crippen molar-refractivity contribution in [3.8, 4) is 22.7 Å². The third-order valence-electron chi connectivity index (χ3n) is 4.87. The van der Waals surface area contributed by atoms with Gasteiger partial charge in [0.05, 0.1) is 18.5 Å². The number of anilines is 1. The number of halogens is 1. The quantitative estimate of drug-likeness (QED) is 0.686. The van der Waals surface area contributed by atoms with E-state index in [-0.39, 0.29) is 0 Å². The van der Waals surface area contributed by atoms with Crippen molar-refractivity contribution >= 4 is 17.4 Å². The zero-order chi connectivity index (χ0) is 18.1. The molecule has 26 heavy (non-hydrogen) atoms. The van der Waals surface area contributed by atoms with Crippen LogP contribution in [0.2, 0.25) is 5.02 Å². The molecule has 1 aromatic heterocycles. The maximum Gasteiger partial charge on any atom is 0.133 e. The molecule has 0 bridgehead atoms. The Morgan fingerprint density at radius 2 is 2.04 bits per heavy atom. The van der Waals surface area contributed by atoms with E-state index in [1.54, 1.807) is 7.11 Å². The number of ether oxygens (including phenoxy) is 1. The second-order valence-corrected chi connectivity index (χ2v) is 7.07. The number of methoxy groups -OCH3 is 1. The van der Waals surface area contributed by atoms with Crippen LogP contribution in [0, 0.1) is 6.92 Å². The predicted octanol–water partition coefficient (Wildman–Crippen LogP) is 5.26. The van der Waals surface area contributed by atoms with Gasteiger partial charge in [-0.2, -0.15) is 5.10 Å². The monoisotopic (exact) mass is 367 g/mol. The number of nitrogens with one attached hydrogen (secondary N) is 1. The van der Waals surface area contributed by atoms with Crippen molar-refractivity contribution in [2.24, 2.45) is 0 Å². The fourth-order valence-corrected chi connectivity index (χ4v) is 3.66. The number of benzene rings is 2. The van der Waals surface area contributed by atoms with Crippen LogP contribution in [-0.2, 0) is 6.42 Å². The highest BCUT2D eigenvalue weighted by molar-refractivity contribution is 6.30. The second-order valence-electron chi connectivity index (χ2n) is 6.63. The van der Waals surface area contributed by atoms with Gasteiger partial charge in [-0.25, -0.2) is 4.68 Å². The summed E-state index contributed by atoms with van der Waals surface area (Å²) in [5, 5.41) is 9.29. The van der Waals surface area contributed by atoms with Crippen LogP contribution in [0.15, 0.2) is 42.5 Å². The van der Waals surface area contributed by atoms with Gasteiger partial charge in [-0.05, 0) is 56.0 Å². The molecular formula is C21H22ClN3O. The maximum atomic E-state index is 6.27. The van der Waals surface area contributed by atoms with Gasteiger partial charge in [0, 0.05) is 22.7 Å². The minimum Gasteiger partial charge on any atom is -0.497 e. The molecule has 134 valence electrons. The molecule has 0 fully saturated rings. The summed E-state index contributed by atoms with van der Waals surface area (Å²) < 4.78 is 7.41. The Hall–Kier alpha value is -2.46. The lowest BCUT2D eigenvalue weighted by Gasteiger charge is -2.12. The number of nitrogens with zero attached hydrogens (tertiary/aromatic N) is 2. The Balaban J connectivity index is 1.93. The Morgan fingerprint density at radius 3 is 2.88 bits per heavy atom. The molecule has 5 heteroatoms. The molecule has 2 heterocycles. The summed E-state index contributed by atoms with van der Waals surface area (Å²) in [5.74, 6) is 1.91. The van der Waals surface area contributed by atoms with Crippen molar-refractivity contribution in [2.45, 2.75) is 26.2 Å². The van der Waals surface area contributed by atoms with Crippen LogP contribution in [0.25, 0.3) is 16.9 Å².